The van der Waals surface area contributed by atoms with E-state index in [9.17, 15) is 0 Å². The van der Waals surface area contributed by atoms with Crippen molar-refractivity contribution in [2.24, 2.45) is 0 Å². The predicted molar refractivity (Wildman–Crippen MR) is 162 cm³/mol. The van der Waals surface area contributed by atoms with Gasteiger partial charge in [0.15, 0.2) is 8.07 Å². The van der Waals surface area contributed by atoms with E-state index in [4.69, 9.17) is 0 Å². The predicted octanol–water partition coefficient (Wildman–Crippen LogP) is 7.46. The Hall–Kier alpha value is -2.64. The highest BCUT2D eigenvalue weighted by atomic mass is 28.3. The Morgan fingerprint density at radius 1 is 0.583 bits per heavy atom. The first-order valence-electron chi connectivity index (χ1n) is 13.9. The maximum atomic E-state index is 2.63. The van der Waals surface area contributed by atoms with Gasteiger partial charge in [0.1, 0.15) is 0 Å². The molecule has 188 valence electrons. The summed E-state index contributed by atoms with van der Waals surface area (Å²) in [5, 5.41) is 4.56. The quantitative estimate of drug-likeness (QED) is 0.226. The highest BCUT2D eigenvalue weighted by Gasteiger charge is 2.56. The minimum absolute atomic E-state index is 0.0583. The third-order valence-corrected chi connectivity index (χ3v) is 14.6. The fourth-order valence-corrected chi connectivity index (χ4v) is 12.9. The molecule has 36 heavy (non-hydrogen) atoms. The summed E-state index contributed by atoms with van der Waals surface area (Å²) in [5.41, 5.74) is 10.3. The van der Waals surface area contributed by atoms with E-state index in [1.165, 1.54) is 44.2 Å². The van der Waals surface area contributed by atoms with Crippen molar-refractivity contribution in [2.45, 2.75) is 86.1 Å². The van der Waals surface area contributed by atoms with Gasteiger partial charge in [0.25, 0.3) is 0 Å². The van der Waals surface area contributed by atoms with E-state index in [1.807, 2.05) is 0 Å². The van der Waals surface area contributed by atoms with Gasteiger partial charge in [-0.25, -0.2) is 0 Å². The van der Waals surface area contributed by atoms with Gasteiger partial charge in [-0.2, -0.15) is 0 Å². The van der Waals surface area contributed by atoms with Gasteiger partial charge >= 0.3 is 0 Å². The van der Waals surface area contributed by atoms with Crippen LogP contribution >= 0.6 is 0 Å². The Morgan fingerprint density at radius 3 is 1.33 bits per heavy atom. The molecular formula is C35H44Si. The molecule has 0 heterocycles. The Balaban J connectivity index is 2.27. The third kappa shape index (κ3) is 4.16. The lowest BCUT2D eigenvalue weighted by Crippen LogP contribution is -2.73. The highest BCUT2D eigenvalue weighted by Crippen LogP contribution is 2.53. The van der Waals surface area contributed by atoms with Crippen LogP contribution in [-0.2, 0) is 25.7 Å². The van der Waals surface area contributed by atoms with Crippen LogP contribution in [-0.4, -0.2) is 8.07 Å². The van der Waals surface area contributed by atoms with Crippen LogP contribution in [0.15, 0.2) is 89.5 Å². The SMILES string of the molecule is CCc1cc(CC)cc([Si](c2ccccc2)(c2cc(CC)cc(CC)c2)C2(C)C=C(C)C(C)=C2C)c1. The molecule has 1 atom stereocenters. The summed E-state index contributed by atoms with van der Waals surface area (Å²) in [4.78, 5) is 0. The molecule has 0 aliphatic heterocycles. The lowest BCUT2D eigenvalue weighted by atomic mass is 10.0. The van der Waals surface area contributed by atoms with Gasteiger partial charge in [-0.15, -0.1) is 0 Å². The van der Waals surface area contributed by atoms with Crippen molar-refractivity contribution >= 4 is 23.6 Å². The van der Waals surface area contributed by atoms with Crippen molar-refractivity contribution in [3.63, 3.8) is 0 Å². The molecule has 0 spiro atoms. The minimum atomic E-state index is -2.59. The first-order valence-corrected chi connectivity index (χ1v) is 15.9. The van der Waals surface area contributed by atoms with Crippen LogP contribution in [0, 0.1) is 0 Å². The zero-order valence-electron chi connectivity index (χ0n) is 23.8. The average molecular weight is 493 g/mol. The fraction of sp³-hybridized carbons (Fsp3) is 0.371. The minimum Gasteiger partial charge on any atom is -0.0730 e. The Bertz CT molecular complexity index is 1210. The molecular weight excluding hydrogens is 448 g/mol. The maximum Gasteiger partial charge on any atom is 0.161 e. The molecule has 0 saturated heterocycles. The summed E-state index contributed by atoms with van der Waals surface area (Å²) < 4.78 is 0. The lowest BCUT2D eigenvalue weighted by Gasteiger charge is -2.47. The summed E-state index contributed by atoms with van der Waals surface area (Å²) in [6, 6.07) is 26.7. The van der Waals surface area contributed by atoms with E-state index < -0.39 is 8.07 Å². The molecule has 1 aliphatic rings. The van der Waals surface area contributed by atoms with Crippen LogP contribution in [0.25, 0.3) is 0 Å². The molecule has 0 aromatic heterocycles. The van der Waals surface area contributed by atoms with E-state index >= 15 is 0 Å². The van der Waals surface area contributed by atoms with Crippen molar-refractivity contribution in [1.82, 2.24) is 0 Å². The molecule has 1 heteroatoms. The van der Waals surface area contributed by atoms with Crippen LogP contribution in [0.1, 0.15) is 77.6 Å². The average Bonchev–Trinajstić information content (AvgIpc) is 3.11. The topological polar surface area (TPSA) is 0 Å². The molecule has 3 aromatic carbocycles. The molecule has 0 radical (unpaired) electrons. The number of aryl methyl sites for hydroxylation is 4. The van der Waals surface area contributed by atoms with Gasteiger partial charge in [-0.3, -0.25) is 0 Å². The number of hydrogen-bond donors (Lipinski definition) is 0. The maximum absolute atomic E-state index is 2.63. The van der Waals surface area contributed by atoms with Crippen LogP contribution in [0.2, 0.25) is 5.04 Å². The van der Waals surface area contributed by atoms with E-state index in [1.54, 1.807) is 10.4 Å². The van der Waals surface area contributed by atoms with Gasteiger partial charge in [0.05, 0.1) is 0 Å². The molecule has 1 aliphatic carbocycles. The molecule has 0 bridgehead atoms. The van der Waals surface area contributed by atoms with Gasteiger partial charge in [-0.1, -0.05) is 119 Å². The van der Waals surface area contributed by atoms with Gasteiger partial charge in [-0.05, 0) is 89.8 Å². The Labute approximate surface area is 221 Å². The van der Waals surface area contributed by atoms with Gasteiger partial charge in [0, 0.05) is 5.04 Å². The normalized spacial score (nSPS) is 18.1. The molecule has 1 unspecified atom stereocenters. The van der Waals surface area contributed by atoms with Crippen LogP contribution in [0.3, 0.4) is 0 Å². The van der Waals surface area contributed by atoms with Crippen LogP contribution in [0.5, 0.6) is 0 Å². The van der Waals surface area contributed by atoms with Crippen molar-refractivity contribution in [1.29, 1.82) is 0 Å². The molecule has 0 N–H and O–H groups in total. The van der Waals surface area contributed by atoms with E-state index in [-0.39, 0.29) is 5.04 Å². The highest BCUT2D eigenvalue weighted by molar-refractivity contribution is 7.14. The number of benzene rings is 3. The van der Waals surface area contributed by atoms with Crippen molar-refractivity contribution in [2.75, 3.05) is 0 Å². The smallest absolute Gasteiger partial charge is 0.0730 e. The Morgan fingerprint density at radius 2 is 1.00 bits per heavy atom. The summed E-state index contributed by atoms with van der Waals surface area (Å²) in [5.74, 6) is 0. The molecule has 4 rings (SSSR count). The molecule has 0 amide bonds. The van der Waals surface area contributed by atoms with Crippen molar-refractivity contribution < 1.29 is 0 Å². The molecule has 0 nitrogen and oxygen atoms in total. The second kappa shape index (κ2) is 10.4. The van der Waals surface area contributed by atoms with E-state index in [2.05, 4.69) is 128 Å². The zero-order valence-corrected chi connectivity index (χ0v) is 24.8. The van der Waals surface area contributed by atoms with E-state index in [0.717, 1.165) is 25.7 Å². The number of hydrogen-bond acceptors (Lipinski definition) is 0. The largest absolute Gasteiger partial charge is 0.161 e. The monoisotopic (exact) mass is 492 g/mol. The second-order valence-electron chi connectivity index (χ2n) is 10.9. The first-order chi connectivity index (χ1) is 17.2. The van der Waals surface area contributed by atoms with Crippen LogP contribution in [0.4, 0.5) is 0 Å². The first kappa shape index (κ1) is 26.4. The molecule has 0 saturated carbocycles. The zero-order chi connectivity index (χ0) is 26.1. The van der Waals surface area contributed by atoms with Crippen LogP contribution < -0.4 is 15.6 Å². The summed E-state index contributed by atoms with van der Waals surface area (Å²) >= 11 is 0. The van der Waals surface area contributed by atoms with Crippen molar-refractivity contribution in [3.05, 3.63) is 112 Å². The second-order valence-corrected chi connectivity index (χ2v) is 15.2. The number of allylic oxidation sites excluding steroid dienone is 4. The number of rotatable bonds is 8. The lowest BCUT2D eigenvalue weighted by molar-refractivity contribution is 0.869. The fourth-order valence-electron chi connectivity index (χ4n) is 6.59. The molecule has 0 fully saturated rings. The third-order valence-electron chi connectivity index (χ3n) is 9.03. The van der Waals surface area contributed by atoms with Gasteiger partial charge < -0.3 is 0 Å². The summed E-state index contributed by atoms with van der Waals surface area (Å²) in [7, 11) is -2.59. The molecule has 3 aromatic rings. The van der Waals surface area contributed by atoms with E-state index in [0.29, 0.717) is 0 Å². The summed E-state index contributed by atoms with van der Waals surface area (Å²) in [6.07, 6.45) is 6.89. The van der Waals surface area contributed by atoms with Crippen molar-refractivity contribution in [3.8, 4) is 0 Å². The Kier molecular flexibility index (Phi) is 7.62. The van der Waals surface area contributed by atoms with Gasteiger partial charge in [0.2, 0.25) is 0 Å². The summed E-state index contributed by atoms with van der Waals surface area (Å²) in [6.45, 7) is 18.8. The standard InChI is InChI=1S/C35H44Si/c1-9-28-18-29(10-2)21-33(20-28)36(32-16-14-13-15-17-32,35(8)24-25(5)26(6)27(35)7)34-22-30(11-3)19-31(12-4)23-34/h13-24H,9-12H2,1-8H3.